The molecule has 0 aromatic rings. The number of carbonyl (C=O) groups is 1. The van der Waals surface area contributed by atoms with Crippen LogP contribution in [-0.4, -0.2) is 42.3 Å². The standard InChI is InChI=1S/C19H38N2O2/c1-7-8-9-12-19(5,6)15-20-16-10-13-21(14-11-16)17(22)23-18(2,3)4/h16,20H,7-15H2,1-6H3. The van der Waals surface area contributed by atoms with E-state index >= 15 is 0 Å². The Hall–Kier alpha value is -0.770. The lowest BCUT2D eigenvalue weighted by Gasteiger charge is -2.35. The summed E-state index contributed by atoms with van der Waals surface area (Å²) in [6.45, 7) is 15.4. The maximum Gasteiger partial charge on any atom is 0.410 e. The zero-order chi connectivity index (χ0) is 17.5. The molecule has 136 valence electrons. The van der Waals surface area contributed by atoms with E-state index in [1.54, 1.807) is 0 Å². The Morgan fingerprint density at radius 2 is 1.74 bits per heavy atom. The van der Waals surface area contributed by atoms with E-state index in [0.717, 1.165) is 32.5 Å². The Morgan fingerprint density at radius 3 is 2.26 bits per heavy atom. The number of hydrogen-bond acceptors (Lipinski definition) is 3. The van der Waals surface area contributed by atoms with E-state index in [2.05, 4.69) is 26.1 Å². The molecule has 0 radical (unpaired) electrons. The minimum atomic E-state index is -0.408. The van der Waals surface area contributed by atoms with Gasteiger partial charge in [0, 0.05) is 25.7 Å². The van der Waals surface area contributed by atoms with Crippen LogP contribution in [0.3, 0.4) is 0 Å². The lowest BCUT2D eigenvalue weighted by atomic mass is 9.86. The maximum absolute atomic E-state index is 12.1. The normalized spacial score (nSPS) is 17.4. The van der Waals surface area contributed by atoms with E-state index in [4.69, 9.17) is 4.74 Å². The fraction of sp³-hybridized carbons (Fsp3) is 0.947. The van der Waals surface area contributed by atoms with E-state index in [9.17, 15) is 4.79 Å². The van der Waals surface area contributed by atoms with Crippen molar-refractivity contribution in [3.05, 3.63) is 0 Å². The number of piperidine rings is 1. The van der Waals surface area contributed by atoms with Gasteiger partial charge in [-0.05, 0) is 45.4 Å². The van der Waals surface area contributed by atoms with Gasteiger partial charge in [0.05, 0.1) is 0 Å². The van der Waals surface area contributed by atoms with Crippen molar-refractivity contribution in [2.24, 2.45) is 5.41 Å². The van der Waals surface area contributed by atoms with Crippen molar-refractivity contribution in [2.75, 3.05) is 19.6 Å². The van der Waals surface area contributed by atoms with Crippen molar-refractivity contribution in [2.45, 2.75) is 91.7 Å². The average molecular weight is 327 g/mol. The predicted molar refractivity (Wildman–Crippen MR) is 96.8 cm³/mol. The quantitative estimate of drug-likeness (QED) is 0.696. The van der Waals surface area contributed by atoms with Gasteiger partial charge in [-0.1, -0.05) is 40.0 Å². The molecule has 0 aromatic carbocycles. The van der Waals surface area contributed by atoms with E-state index in [1.165, 1.54) is 25.7 Å². The van der Waals surface area contributed by atoms with Gasteiger partial charge < -0.3 is 15.0 Å². The molecule has 1 heterocycles. The van der Waals surface area contributed by atoms with Crippen LogP contribution in [0.5, 0.6) is 0 Å². The number of ether oxygens (including phenoxy) is 1. The predicted octanol–water partition coefficient (Wildman–Crippen LogP) is 4.58. The fourth-order valence-corrected chi connectivity index (χ4v) is 2.96. The summed E-state index contributed by atoms with van der Waals surface area (Å²) in [4.78, 5) is 13.9. The summed E-state index contributed by atoms with van der Waals surface area (Å²) in [5, 5.41) is 3.72. The first-order valence-corrected chi connectivity index (χ1v) is 9.34. The van der Waals surface area contributed by atoms with Gasteiger partial charge in [0.25, 0.3) is 0 Å². The Kier molecular flexibility index (Phi) is 7.85. The maximum atomic E-state index is 12.1. The molecule has 1 saturated heterocycles. The van der Waals surface area contributed by atoms with Gasteiger partial charge in [0.1, 0.15) is 5.60 Å². The molecule has 1 aliphatic heterocycles. The highest BCUT2D eigenvalue weighted by molar-refractivity contribution is 5.68. The average Bonchev–Trinajstić information content (AvgIpc) is 2.44. The molecule has 1 fully saturated rings. The van der Waals surface area contributed by atoms with Gasteiger partial charge in [-0.25, -0.2) is 4.79 Å². The molecule has 0 saturated carbocycles. The summed E-state index contributed by atoms with van der Waals surface area (Å²) >= 11 is 0. The molecule has 0 spiro atoms. The van der Waals surface area contributed by atoms with Crippen LogP contribution in [0.15, 0.2) is 0 Å². The molecule has 0 bridgehead atoms. The second-order valence-corrected chi connectivity index (χ2v) is 8.74. The molecule has 4 nitrogen and oxygen atoms in total. The first-order chi connectivity index (χ1) is 10.6. The summed E-state index contributed by atoms with van der Waals surface area (Å²) < 4.78 is 5.45. The molecule has 1 rings (SSSR count). The number of carbonyl (C=O) groups excluding carboxylic acids is 1. The second-order valence-electron chi connectivity index (χ2n) is 8.74. The SMILES string of the molecule is CCCCCC(C)(C)CNC1CCN(C(=O)OC(C)(C)C)CC1. The van der Waals surface area contributed by atoms with E-state index in [0.29, 0.717) is 11.5 Å². The van der Waals surface area contributed by atoms with Gasteiger partial charge in [-0.3, -0.25) is 0 Å². The second kappa shape index (κ2) is 8.91. The number of unbranched alkanes of at least 4 members (excludes halogenated alkanes) is 2. The third-order valence-electron chi connectivity index (χ3n) is 4.47. The summed E-state index contributed by atoms with van der Waals surface area (Å²) in [6.07, 6.45) is 7.09. The van der Waals surface area contributed by atoms with Crippen molar-refractivity contribution in [3.63, 3.8) is 0 Å². The molecule has 1 N–H and O–H groups in total. The number of amides is 1. The molecule has 0 unspecified atom stereocenters. The molecule has 1 amide bonds. The van der Waals surface area contributed by atoms with Crippen molar-refractivity contribution < 1.29 is 9.53 Å². The first kappa shape index (κ1) is 20.3. The van der Waals surface area contributed by atoms with E-state index in [-0.39, 0.29) is 6.09 Å². The Balaban J connectivity index is 2.27. The Bertz CT molecular complexity index is 353. The molecule has 0 atom stereocenters. The highest BCUT2D eigenvalue weighted by atomic mass is 16.6. The Labute approximate surface area is 143 Å². The van der Waals surface area contributed by atoms with Gasteiger partial charge in [0.15, 0.2) is 0 Å². The van der Waals surface area contributed by atoms with Gasteiger partial charge >= 0.3 is 6.09 Å². The van der Waals surface area contributed by atoms with Crippen LogP contribution in [0, 0.1) is 5.41 Å². The van der Waals surface area contributed by atoms with E-state index in [1.807, 2.05) is 25.7 Å². The van der Waals surface area contributed by atoms with Gasteiger partial charge in [-0.2, -0.15) is 0 Å². The smallest absolute Gasteiger partial charge is 0.410 e. The number of nitrogens with zero attached hydrogens (tertiary/aromatic N) is 1. The van der Waals surface area contributed by atoms with Crippen LogP contribution in [-0.2, 0) is 4.74 Å². The van der Waals surface area contributed by atoms with E-state index < -0.39 is 5.60 Å². The summed E-state index contributed by atoms with van der Waals surface area (Å²) in [6, 6.07) is 0.527. The lowest BCUT2D eigenvalue weighted by Crippen LogP contribution is -2.48. The number of rotatable bonds is 7. The summed E-state index contributed by atoms with van der Waals surface area (Å²) in [5.41, 5.74) is -0.0494. The van der Waals surface area contributed by atoms with Crippen molar-refractivity contribution in [1.29, 1.82) is 0 Å². The van der Waals surface area contributed by atoms with Gasteiger partial charge in [0.2, 0.25) is 0 Å². The van der Waals surface area contributed by atoms with Gasteiger partial charge in [-0.15, -0.1) is 0 Å². The Morgan fingerprint density at radius 1 is 1.13 bits per heavy atom. The summed E-state index contributed by atoms with van der Waals surface area (Å²) in [7, 11) is 0. The van der Waals surface area contributed by atoms with Crippen molar-refractivity contribution in [1.82, 2.24) is 10.2 Å². The molecule has 23 heavy (non-hydrogen) atoms. The minimum Gasteiger partial charge on any atom is -0.444 e. The molecule has 1 aliphatic rings. The van der Waals surface area contributed by atoms with Crippen molar-refractivity contribution >= 4 is 6.09 Å². The number of nitrogens with one attached hydrogen (secondary N) is 1. The van der Waals surface area contributed by atoms with Crippen molar-refractivity contribution in [3.8, 4) is 0 Å². The van der Waals surface area contributed by atoms with Crippen LogP contribution in [0.2, 0.25) is 0 Å². The number of hydrogen-bond donors (Lipinski definition) is 1. The largest absolute Gasteiger partial charge is 0.444 e. The van der Waals surface area contributed by atoms with Crippen LogP contribution >= 0.6 is 0 Å². The topological polar surface area (TPSA) is 41.6 Å². The lowest BCUT2D eigenvalue weighted by molar-refractivity contribution is 0.0196. The molecule has 0 aromatic heterocycles. The van der Waals surface area contributed by atoms with Crippen LogP contribution in [0.25, 0.3) is 0 Å². The molecule has 4 heteroatoms. The number of likely N-dealkylation sites (tertiary alicyclic amines) is 1. The fourth-order valence-electron chi connectivity index (χ4n) is 2.96. The van der Waals surface area contributed by atoms with Crippen LogP contribution in [0.1, 0.15) is 80.1 Å². The summed E-state index contributed by atoms with van der Waals surface area (Å²) in [5.74, 6) is 0. The third kappa shape index (κ3) is 8.59. The molecular formula is C19H38N2O2. The monoisotopic (exact) mass is 326 g/mol. The highest BCUT2D eigenvalue weighted by Gasteiger charge is 2.27. The highest BCUT2D eigenvalue weighted by Crippen LogP contribution is 2.24. The molecular weight excluding hydrogens is 288 g/mol. The zero-order valence-corrected chi connectivity index (χ0v) is 16.2. The molecule has 0 aliphatic carbocycles. The first-order valence-electron chi connectivity index (χ1n) is 9.34. The zero-order valence-electron chi connectivity index (χ0n) is 16.2. The third-order valence-corrected chi connectivity index (χ3v) is 4.47. The van der Waals surface area contributed by atoms with Crippen LogP contribution < -0.4 is 5.32 Å². The van der Waals surface area contributed by atoms with Crippen LogP contribution in [0.4, 0.5) is 4.79 Å². The minimum absolute atomic E-state index is 0.171.